The lowest BCUT2D eigenvalue weighted by molar-refractivity contribution is 0.595. The van der Waals surface area contributed by atoms with E-state index < -0.39 is 11.2 Å². The summed E-state index contributed by atoms with van der Waals surface area (Å²) in [7, 11) is 1.88. The van der Waals surface area contributed by atoms with E-state index in [2.05, 4.69) is 19.9 Å². The van der Waals surface area contributed by atoms with E-state index in [4.69, 9.17) is 0 Å². The fraction of sp³-hybridized carbons (Fsp3) is 0.286. The maximum absolute atomic E-state index is 12.2. The number of hydrogen-bond donors (Lipinski definition) is 0. The molecule has 0 saturated carbocycles. The zero-order valence-electron chi connectivity index (χ0n) is 12.1. The molecule has 1 atom stereocenters. The van der Waals surface area contributed by atoms with Gasteiger partial charge in [0.05, 0.1) is 6.20 Å². The first kappa shape index (κ1) is 14.0. The first-order chi connectivity index (χ1) is 10.1. The van der Waals surface area contributed by atoms with E-state index in [0.29, 0.717) is 22.2 Å². The monoisotopic (exact) mass is 301 g/mol. The van der Waals surface area contributed by atoms with E-state index >= 15 is 0 Å². The molecule has 0 saturated heterocycles. The molecule has 108 valence electrons. The van der Waals surface area contributed by atoms with Gasteiger partial charge in [-0.1, -0.05) is 0 Å². The standard InChI is InChI=1S/C14H15N5OS/c1-4-21(20)11-7-15-8-17-12(11)14-18-10-5-9(2)6-16-13(10)19(14)3/h5-8H,4H2,1-3H3. The third-order valence-corrected chi connectivity index (χ3v) is 4.56. The Hall–Kier alpha value is -1.99. The number of nitrogens with zero attached hydrogens (tertiary/aromatic N) is 5. The average Bonchev–Trinajstić information content (AvgIpc) is 2.82. The minimum absolute atomic E-state index is 0.516. The van der Waals surface area contributed by atoms with Crippen molar-refractivity contribution in [1.82, 2.24) is 24.5 Å². The van der Waals surface area contributed by atoms with E-state index in [1.54, 1.807) is 12.4 Å². The second kappa shape index (κ2) is 5.42. The van der Waals surface area contributed by atoms with Gasteiger partial charge >= 0.3 is 0 Å². The number of rotatable bonds is 3. The molecule has 0 aliphatic carbocycles. The Morgan fingerprint density at radius 3 is 2.86 bits per heavy atom. The van der Waals surface area contributed by atoms with Crippen LogP contribution in [0.1, 0.15) is 12.5 Å². The van der Waals surface area contributed by atoms with Gasteiger partial charge in [0.1, 0.15) is 17.6 Å². The number of hydrogen-bond acceptors (Lipinski definition) is 5. The SMILES string of the molecule is CC[S+]([O-])c1cncnc1-c1nc2cc(C)cnc2n1C. The quantitative estimate of drug-likeness (QED) is 0.690. The highest BCUT2D eigenvalue weighted by atomic mass is 32.2. The summed E-state index contributed by atoms with van der Waals surface area (Å²) in [6, 6.07) is 1.98. The van der Waals surface area contributed by atoms with Crippen LogP contribution in [0.15, 0.2) is 29.7 Å². The zero-order chi connectivity index (χ0) is 15.0. The van der Waals surface area contributed by atoms with Crippen LogP contribution in [0.5, 0.6) is 0 Å². The van der Waals surface area contributed by atoms with E-state index in [1.807, 2.05) is 31.5 Å². The topological polar surface area (TPSA) is 79.6 Å². The van der Waals surface area contributed by atoms with Crippen LogP contribution < -0.4 is 0 Å². The second-order valence-corrected chi connectivity index (χ2v) is 6.43. The molecule has 0 radical (unpaired) electrons. The molecule has 3 rings (SSSR count). The van der Waals surface area contributed by atoms with E-state index in [9.17, 15) is 4.55 Å². The van der Waals surface area contributed by atoms with Gasteiger partial charge < -0.3 is 9.12 Å². The Morgan fingerprint density at radius 1 is 1.29 bits per heavy atom. The van der Waals surface area contributed by atoms with Gasteiger partial charge in [-0.3, -0.25) is 0 Å². The van der Waals surface area contributed by atoms with Gasteiger partial charge in [0.2, 0.25) is 0 Å². The lowest BCUT2D eigenvalue weighted by atomic mass is 10.3. The van der Waals surface area contributed by atoms with Crippen molar-refractivity contribution in [3.63, 3.8) is 0 Å². The predicted molar refractivity (Wildman–Crippen MR) is 81.2 cm³/mol. The molecule has 3 aromatic heterocycles. The summed E-state index contributed by atoms with van der Waals surface area (Å²) in [6.07, 6.45) is 4.85. The Balaban J connectivity index is 2.24. The Labute approximate surface area is 125 Å². The summed E-state index contributed by atoms with van der Waals surface area (Å²) in [5, 5.41) is 0. The molecule has 0 aliphatic heterocycles. The van der Waals surface area contributed by atoms with Gasteiger partial charge in [-0.2, -0.15) is 0 Å². The maximum atomic E-state index is 12.2. The van der Waals surface area contributed by atoms with Crippen LogP contribution in [-0.2, 0) is 18.2 Å². The van der Waals surface area contributed by atoms with Gasteiger partial charge in [-0.15, -0.1) is 0 Å². The smallest absolute Gasteiger partial charge is 0.200 e. The summed E-state index contributed by atoms with van der Waals surface area (Å²) >= 11 is -1.14. The molecular weight excluding hydrogens is 286 g/mol. The molecule has 3 heterocycles. The molecule has 7 heteroatoms. The highest BCUT2D eigenvalue weighted by Crippen LogP contribution is 2.26. The van der Waals surface area contributed by atoms with Gasteiger partial charge in [-0.25, -0.2) is 19.9 Å². The van der Waals surface area contributed by atoms with Crippen molar-refractivity contribution < 1.29 is 4.55 Å². The van der Waals surface area contributed by atoms with Crippen LogP contribution in [0.25, 0.3) is 22.7 Å². The number of imidazole rings is 1. The fourth-order valence-corrected chi connectivity index (χ4v) is 3.04. The lowest BCUT2D eigenvalue weighted by Crippen LogP contribution is -2.09. The van der Waals surface area contributed by atoms with Crippen LogP contribution in [0.2, 0.25) is 0 Å². The van der Waals surface area contributed by atoms with E-state index in [1.165, 1.54) is 6.33 Å². The molecule has 0 bridgehead atoms. The molecule has 0 N–H and O–H groups in total. The van der Waals surface area contributed by atoms with E-state index in [-0.39, 0.29) is 0 Å². The van der Waals surface area contributed by atoms with Gasteiger partial charge in [-0.05, 0) is 36.7 Å². The first-order valence-electron chi connectivity index (χ1n) is 6.59. The number of aryl methyl sites for hydroxylation is 2. The Bertz CT molecular complexity index is 801. The van der Waals surface area contributed by atoms with Crippen molar-refractivity contribution in [3.8, 4) is 11.5 Å². The molecule has 3 aromatic rings. The van der Waals surface area contributed by atoms with Crippen molar-refractivity contribution in [2.75, 3.05) is 5.75 Å². The van der Waals surface area contributed by atoms with Gasteiger partial charge in [0.25, 0.3) is 0 Å². The summed E-state index contributed by atoms with van der Waals surface area (Å²) in [5.74, 6) is 1.17. The normalized spacial score (nSPS) is 12.8. The molecule has 0 fully saturated rings. The molecule has 0 aliphatic rings. The number of fused-ring (bicyclic) bond motifs is 1. The van der Waals surface area contributed by atoms with Crippen LogP contribution >= 0.6 is 0 Å². The van der Waals surface area contributed by atoms with Crippen molar-refractivity contribution in [3.05, 3.63) is 30.4 Å². The minimum atomic E-state index is -1.14. The third-order valence-electron chi connectivity index (χ3n) is 3.24. The summed E-state index contributed by atoms with van der Waals surface area (Å²) in [4.78, 5) is 17.9. The van der Waals surface area contributed by atoms with Crippen LogP contribution in [-0.4, -0.2) is 34.8 Å². The number of pyridine rings is 1. The largest absolute Gasteiger partial charge is 0.611 e. The molecule has 0 aromatic carbocycles. The summed E-state index contributed by atoms with van der Waals surface area (Å²) < 4.78 is 14.0. The van der Waals surface area contributed by atoms with Crippen molar-refractivity contribution in [1.29, 1.82) is 0 Å². The van der Waals surface area contributed by atoms with Crippen molar-refractivity contribution >= 4 is 22.3 Å². The average molecular weight is 301 g/mol. The summed E-state index contributed by atoms with van der Waals surface area (Å²) in [6.45, 7) is 3.84. The van der Waals surface area contributed by atoms with Gasteiger partial charge in [0.15, 0.2) is 22.1 Å². The third kappa shape index (κ3) is 2.38. The minimum Gasteiger partial charge on any atom is -0.611 e. The number of aromatic nitrogens is 5. The highest BCUT2D eigenvalue weighted by Gasteiger charge is 2.22. The molecule has 0 spiro atoms. The zero-order valence-corrected chi connectivity index (χ0v) is 12.9. The molecule has 0 amide bonds. The van der Waals surface area contributed by atoms with Gasteiger partial charge in [0, 0.05) is 13.2 Å². The molecule has 1 unspecified atom stereocenters. The Morgan fingerprint density at radius 2 is 2.10 bits per heavy atom. The van der Waals surface area contributed by atoms with E-state index in [0.717, 1.165) is 16.7 Å². The van der Waals surface area contributed by atoms with Crippen LogP contribution in [0, 0.1) is 6.92 Å². The Kier molecular flexibility index (Phi) is 3.60. The molecule has 6 nitrogen and oxygen atoms in total. The second-order valence-electron chi connectivity index (χ2n) is 4.72. The van der Waals surface area contributed by atoms with Crippen LogP contribution in [0.4, 0.5) is 0 Å². The van der Waals surface area contributed by atoms with Crippen molar-refractivity contribution in [2.24, 2.45) is 7.05 Å². The predicted octanol–water partition coefficient (Wildman–Crippen LogP) is 1.86. The fourth-order valence-electron chi connectivity index (χ4n) is 2.20. The van der Waals surface area contributed by atoms with Crippen molar-refractivity contribution in [2.45, 2.75) is 18.7 Å². The summed E-state index contributed by atoms with van der Waals surface area (Å²) in [5.41, 5.74) is 3.23. The maximum Gasteiger partial charge on any atom is 0.200 e. The first-order valence-corrected chi connectivity index (χ1v) is 7.91. The highest BCUT2D eigenvalue weighted by molar-refractivity contribution is 7.91. The molecular formula is C14H15N5OS. The molecule has 21 heavy (non-hydrogen) atoms. The van der Waals surface area contributed by atoms with Crippen LogP contribution in [0.3, 0.4) is 0 Å². The lowest BCUT2D eigenvalue weighted by Gasteiger charge is -2.10.